The maximum absolute atomic E-state index is 12.0. The number of carbonyl (C=O) groups excluding carboxylic acids is 1. The van der Waals surface area contributed by atoms with Crippen LogP contribution in [-0.4, -0.2) is 41.7 Å². The number of nitrogens with one attached hydrogen (secondary N) is 1. The summed E-state index contributed by atoms with van der Waals surface area (Å²) in [5.74, 6) is -0.266. The minimum atomic E-state index is -1.32. The number of benzene rings is 1. The first-order chi connectivity index (χ1) is 11.8. The van der Waals surface area contributed by atoms with Crippen molar-refractivity contribution in [3.8, 4) is 22.1 Å². The molecule has 0 aliphatic carbocycles. The molecule has 25 heavy (non-hydrogen) atoms. The van der Waals surface area contributed by atoms with Gasteiger partial charge in [-0.15, -0.1) is 11.3 Å². The fraction of sp³-hybridized carbons (Fsp3) is 0.353. The average Bonchev–Trinajstić information content (AvgIpc) is 3.01. The molecule has 7 nitrogen and oxygen atoms in total. The number of carboxylic acid groups (broad SMARTS) is 1. The molecule has 0 radical (unpaired) electrons. The van der Waals surface area contributed by atoms with Gasteiger partial charge in [0.2, 0.25) is 5.91 Å². The van der Waals surface area contributed by atoms with Gasteiger partial charge in [0.15, 0.2) is 11.5 Å². The number of aromatic nitrogens is 1. The second-order valence-electron chi connectivity index (χ2n) is 5.87. The minimum absolute atomic E-state index is 0.0144. The van der Waals surface area contributed by atoms with Crippen LogP contribution in [0.1, 0.15) is 19.5 Å². The van der Waals surface area contributed by atoms with E-state index < -0.39 is 17.4 Å². The van der Waals surface area contributed by atoms with Crippen LogP contribution in [0.3, 0.4) is 0 Å². The Bertz CT molecular complexity index is 785. The lowest BCUT2D eigenvalue weighted by molar-refractivity contribution is -0.145. The summed E-state index contributed by atoms with van der Waals surface area (Å²) in [6.07, 6.45) is 0.0144. The number of thiazole rings is 1. The Hall–Kier alpha value is -2.61. The Morgan fingerprint density at radius 3 is 2.52 bits per heavy atom. The zero-order chi connectivity index (χ0) is 18.6. The monoisotopic (exact) mass is 364 g/mol. The van der Waals surface area contributed by atoms with Gasteiger partial charge in [-0.3, -0.25) is 4.79 Å². The summed E-state index contributed by atoms with van der Waals surface area (Å²) < 4.78 is 10.5. The fourth-order valence-corrected chi connectivity index (χ4v) is 2.92. The maximum atomic E-state index is 12.0. The molecule has 0 aliphatic heterocycles. The Labute approximate surface area is 149 Å². The quantitative estimate of drug-likeness (QED) is 0.783. The summed E-state index contributed by atoms with van der Waals surface area (Å²) in [6.45, 7) is 2.87. The average molecular weight is 364 g/mol. The van der Waals surface area contributed by atoms with Crippen LogP contribution in [0.25, 0.3) is 10.6 Å². The van der Waals surface area contributed by atoms with E-state index in [1.165, 1.54) is 25.2 Å². The first-order valence-corrected chi connectivity index (χ1v) is 8.36. The van der Waals surface area contributed by atoms with Crippen molar-refractivity contribution in [2.75, 3.05) is 14.2 Å². The summed E-state index contributed by atoms with van der Waals surface area (Å²) >= 11 is 1.40. The van der Waals surface area contributed by atoms with Crippen LogP contribution in [-0.2, 0) is 16.0 Å². The number of ether oxygens (including phenoxy) is 2. The van der Waals surface area contributed by atoms with Crippen LogP contribution < -0.4 is 14.8 Å². The standard InChI is InChI=1S/C17H20N2O5S/c1-17(2,16(21)22)19-14(20)8-11-9-25-15(18-11)10-5-6-12(23-3)13(7-10)24-4/h5-7,9H,8H2,1-4H3,(H,19,20)(H,21,22). The second kappa shape index (κ2) is 7.52. The van der Waals surface area contributed by atoms with Gasteiger partial charge in [0.25, 0.3) is 0 Å². The number of rotatable bonds is 7. The molecule has 0 saturated carbocycles. The largest absolute Gasteiger partial charge is 0.493 e. The normalized spacial score (nSPS) is 11.0. The molecule has 0 fully saturated rings. The fourth-order valence-electron chi connectivity index (χ4n) is 2.10. The highest BCUT2D eigenvalue weighted by atomic mass is 32.1. The maximum Gasteiger partial charge on any atom is 0.328 e. The number of hydrogen-bond acceptors (Lipinski definition) is 6. The Morgan fingerprint density at radius 1 is 1.24 bits per heavy atom. The molecule has 1 aromatic carbocycles. The number of methoxy groups -OCH3 is 2. The molecule has 134 valence electrons. The van der Waals surface area contributed by atoms with Crippen LogP contribution in [0.15, 0.2) is 23.6 Å². The molecule has 8 heteroatoms. The van der Waals surface area contributed by atoms with Crippen LogP contribution >= 0.6 is 11.3 Å². The molecule has 0 aliphatic rings. The molecule has 0 bridgehead atoms. The highest BCUT2D eigenvalue weighted by Crippen LogP contribution is 2.33. The van der Waals surface area contributed by atoms with Crippen molar-refractivity contribution in [2.24, 2.45) is 0 Å². The first kappa shape index (κ1) is 18.7. The van der Waals surface area contributed by atoms with E-state index in [1.54, 1.807) is 25.7 Å². The lowest BCUT2D eigenvalue weighted by Gasteiger charge is -2.20. The summed E-state index contributed by atoms with van der Waals surface area (Å²) in [5, 5.41) is 14.0. The third kappa shape index (κ3) is 4.48. The molecule has 1 amide bonds. The second-order valence-corrected chi connectivity index (χ2v) is 6.73. The topological polar surface area (TPSA) is 97.8 Å². The molecule has 0 atom stereocenters. The van der Waals surface area contributed by atoms with Crippen molar-refractivity contribution >= 4 is 23.2 Å². The van der Waals surface area contributed by atoms with E-state index in [0.29, 0.717) is 17.2 Å². The molecule has 2 aromatic rings. The van der Waals surface area contributed by atoms with E-state index in [-0.39, 0.29) is 6.42 Å². The summed E-state index contributed by atoms with van der Waals surface area (Å²) in [5.41, 5.74) is 0.105. The molecule has 1 aromatic heterocycles. The van der Waals surface area contributed by atoms with Gasteiger partial charge < -0.3 is 19.9 Å². The van der Waals surface area contributed by atoms with Crippen molar-refractivity contribution in [1.82, 2.24) is 10.3 Å². The minimum Gasteiger partial charge on any atom is -0.493 e. The van der Waals surface area contributed by atoms with Gasteiger partial charge in [-0.05, 0) is 32.0 Å². The SMILES string of the molecule is COc1ccc(-c2nc(CC(=O)NC(C)(C)C(=O)O)cs2)cc1OC. The molecular formula is C17H20N2O5S. The summed E-state index contributed by atoms with van der Waals surface area (Å²) in [4.78, 5) is 27.5. The number of aliphatic carboxylic acids is 1. The Balaban J connectivity index is 2.12. The molecule has 1 heterocycles. The van der Waals surface area contributed by atoms with E-state index in [4.69, 9.17) is 14.6 Å². The predicted octanol–water partition coefficient (Wildman–Crippen LogP) is 2.35. The Kier molecular flexibility index (Phi) is 5.63. The van der Waals surface area contributed by atoms with Crippen molar-refractivity contribution in [3.63, 3.8) is 0 Å². The smallest absolute Gasteiger partial charge is 0.328 e. The van der Waals surface area contributed by atoms with E-state index in [1.807, 2.05) is 12.1 Å². The molecule has 2 N–H and O–H groups in total. The van der Waals surface area contributed by atoms with Crippen molar-refractivity contribution in [2.45, 2.75) is 25.8 Å². The summed E-state index contributed by atoms with van der Waals surface area (Å²) in [6, 6.07) is 5.46. The first-order valence-electron chi connectivity index (χ1n) is 7.48. The Morgan fingerprint density at radius 2 is 1.92 bits per heavy atom. The number of nitrogens with zero attached hydrogens (tertiary/aromatic N) is 1. The zero-order valence-electron chi connectivity index (χ0n) is 14.5. The lowest BCUT2D eigenvalue weighted by atomic mass is 10.1. The van der Waals surface area contributed by atoms with Gasteiger partial charge >= 0.3 is 5.97 Å². The van der Waals surface area contributed by atoms with Crippen LogP contribution in [0.5, 0.6) is 11.5 Å². The van der Waals surface area contributed by atoms with Crippen LogP contribution in [0.2, 0.25) is 0 Å². The van der Waals surface area contributed by atoms with Gasteiger partial charge in [-0.1, -0.05) is 0 Å². The van der Waals surface area contributed by atoms with Gasteiger partial charge in [0.1, 0.15) is 10.5 Å². The lowest BCUT2D eigenvalue weighted by Crippen LogP contribution is -2.50. The van der Waals surface area contributed by atoms with Crippen molar-refractivity contribution in [3.05, 3.63) is 29.3 Å². The van der Waals surface area contributed by atoms with Crippen molar-refractivity contribution < 1.29 is 24.2 Å². The van der Waals surface area contributed by atoms with Crippen LogP contribution in [0, 0.1) is 0 Å². The predicted molar refractivity (Wildman–Crippen MR) is 94.2 cm³/mol. The highest BCUT2D eigenvalue weighted by molar-refractivity contribution is 7.13. The van der Waals surface area contributed by atoms with Crippen molar-refractivity contribution in [1.29, 1.82) is 0 Å². The number of carbonyl (C=O) groups is 2. The summed E-state index contributed by atoms with van der Waals surface area (Å²) in [7, 11) is 3.12. The number of carboxylic acids is 1. The number of hydrogen-bond donors (Lipinski definition) is 2. The molecule has 2 rings (SSSR count). The highest BCUT2D eigenvalue weighted by Gasteiger charge is 2.29. The number of amides is 1. The van der Waals surface area contributed by atoms with Gasteiger partial charge in [0, 0.05) is 10.9 Å². The van der Waals surface area contributed by atoms with Gasteiger partial charge in [0.05, 0.1) is 26.3 Å². The molecule has 0 spiro atoms. The third-order valence-electron chi connectivity index (χ3n) is 3.51. The zero-order valence-corrected chi connectivity index (χ0v) is 15.3. The third-order valence-corrected chi connectivity index (χ3v) is 4.45. The van der Waals surface area contributed by atoms with Crippen LogP contribution in [0.4, 0.5) is 0 Å². The van der Waals surface area contributed by atoms with Gasteiger partial charge in [-0.2, -0.15) is 0 Å². The van der Waals surface area contributed by atoms with Gasteiger partial charge in [-0.25, -0.2) is 9.78 Å². The molecular weight excluding hydrogens is 344 g/mol. The van der Waals surface area contributed by atoms with E-state index in [9.17, 15) is 9.59 Å². The van der Waals surface area contributed by atoms with E-state index in [2.05, 4.69) is 10.3 Å². The molecule has 0 saturated heterocycles. The molecule has 0 unspecified atom stereocenters. The van der Waals surface area contributed by atoms with E-state index >= 15 is 0 Å². The van der Waals surface area contributed by atoms with E-state index in [0.717, 1.165) is 10.6 Å².